The van der Waals surface area contributed by atoms with E-state index < -0.39 is 7.04 Å². The van der Waals surface area contributed by atoms with Crippen molar-refractivity contribution >= 4 is 34.1 Å². The van der Waals surface area contributed by atoms with Gasteiger partial charge < -0.3 is 9.47 Å². The summed E-state index contributed by atoms with van der Waals surface area (Å²) in [4.78, 5) is 30.5. The number of hydrogen-bond acceptors (Lipinski definition) is 9. The molecule has 34 heavy (non-hydrogen) atoms. The molecule has 0 spiro atoms. The largest absolute Gasteiger partial charge is 0.474 e. The molecule has 0 bridgehead atoms. The lowest BCUT2D eigenvalue weighted by Gasteiger charge is -2.11. The highest BCUT2D eigenvalue weighted by Gasteiger charge is 2.14. The molecule has 0 fully saturated rings. The van der Waals surface area contributed by atoms with E-state index in [1.807, 2.05) is 19.2 Å². The van der Waals surface area contributed by atoms with E-state index in [1.54, 1.807) is 30.7 Å². The molecule has 4 rings (SSSR count). The van der Waals surface area contributed by atoms with Gasteiger partial charge in [0.25, 0.3) is 5.91 Å². The highest BCUT2D eigenvalue weighted by molar-refractivity contribution is 7.99. The van der Waals surface area contributed by atoms with Crippen molar-refractivity contribution < 1.29 is 18.4 Å². The Labute approximate surface area is 210 Å². The van der Waals surface area contributed by atoms with Gasteiger partial charge in [-0.2, -0.15) is 0 Å². The van der Waals surface area contributed by atoms with Crippen LogP contribution in [0.2, 0.25) is 0 Å². The highest BCUT2D eigenvalue weighted by Crippen LogP contribution is 2.35. The fraction of sp³-hybridized carbons (Fsp3) is 0.208. The van der Waals surface area contributed by atoms with Gasteiger partial charge >= 0.3 is 0 Å². The number of methoxy groups -OCH3 is 1. The molecule has 0 aliphatic heterocycles. The SMILES string of the molecule is [2H]C([2H])([2H])OCCOc1cnc(Sc2cc(C)c(-c3csc(NC(=O)c4ccncc4)n3)c(C)c2)cn1. The van der Waals surface area contributed by atoms with Gasteiger partial charge in [0.05, 0.1) is 28.8 Å². The fourth-order valence-corrected chi connectivity index (χ4v) is 4.87. The number of aryl methyl sites for hydroxylation is 2. The molecule has 1 amide bonds. The van der Waals surface area contributed by atoms with E-state index in [0.29, 0.717) is 15.7 Å². The van der Waals surface area contributed by atoms with Gasteiger partial charge in [0.15, 0.2) is 5.13 Å². The number of carbonyl (C=O) groups is 1. The molecule has 8 nitrogen and oxygen atoms in total. The summed E-state index contributed by atoms with van der Waals surface area (Å²) in [6.45, 7) is 4.03. The zero-order valence-corrected chi connectivity index (χ0v) is 20.1. The minimum atomic E-state index is -2.44. The second kappa shape index (κ2) is 11.2. The summed E-state index contributed by atoms with van der Waals surface area (Å²) in [7, 11) is -2.44. The van der Waals surface area contributed by atoms with Gasteiger partial charge in [-0.15, -0.1) is 11.3 Å². The van der Waals surface area contributed by atoms with Crippen molar-refractivity contribution in [2.75, 3.05) is 25.6 Å². The van der Waals surface area contributed by atoms with E-state index >= 15 is 0 Å². The normalized spacial score (nSPS) is 12.5. The molecule has 0 atom stereocenters. The maximum atomic E-state index is 12.4. The molecule has 10 heteroatoms. The second-order valence-electron chi connectivity index (χ2n) is 7.15. The summed E-state index contributed by atoms with van der Waals surface area (Å²) in [6.07, 6.45) is 6.23. The number of ether oxygens (including phenoxy) is 2. The predicted molar refractivity (Wildman–Crippen MR) is 133 cm³/mol. The minimum Gasteiger partial charge on any atom is -0.474 e. The Bertz CT molecular complexity index is 1340. The molecule has 1 aromatic carbocycles. The lowest BCUT2D eigenvalue weighted by molar-refractivity contribution is 0.102. The van der Waals surface area contributed by atoms with Crippen molar-refractivity contribution in [3.05, 3.63) is 71.1 Å². The molecule has 3 aromatic heterocycles. The Hall–Kier alpha value is -3.34. The van der Waals surface area contributed by atoms with Gasteiger partial charge in [0.2, 0.25) is 5.88 Å². The van der Waals surface area contributed by atoms with E-state index in [9.17, 15) is 4.79 Å². The Morgan fingerprint density at radius 2 is 1.94 bits per heavy atom. The summed E-state index contributed by atoms with van der Waals surface area (Å²) in [6, 6.07) is 7.41. The number of rotatable bonds is 9. The molecule has 0 saturated heterocycles. The van der Waals surface area contributed by atoms with Gasteiger partial charge in [0.1, 0.15) is 11.6 Å². The molecule has 0 radical (unpaired) electrons. The van der Waals surface area contributed by atoms with Crippen molar-refractivity contribution in [1.82, 2.24) is 19.9 Å². The predicted octanol–water partition coefficient (Wildman–Crippen LogP) is 5.04. The topological polar surface area (TPSA) is 99.1 Å². The fourth-order valence-electron chi connectivity index (χ4n) is 3.25. The Kier molecular flexibility index (Phi) is 6.61. The van der Waals surface area contributed by atoms with Crippen LogP contribution in [-0.2, 0) is 4.74 Å². The molecular formula is C24H23N5O3S2. The molecule has 0 saturated carbocycles. The van der Waals surface area contributed by atoms with E-state index in [1.165, 1.54) is 29.3 Å². The van der Waals surface area contributed by atoms with Crippen LogP contribution >= 0.6 is 23.1 Å². The van der Waals surface area contributed by atoms with E-state index in [4.69, 9.17) is 8.85 Å². The lowest BCUT2D eigenvalue weighted by Crippen LogP contribution is -2.11. The zero-order chi connectivity index (χ0) is 26.4. The summed E-state index contributed by atoms with van der Waals surface area (Å²) >= 11 is 2.83. The minimum absolute atomic E-state index is 0.0607. The number of aromatic nitrogens is 4. The zero-order valence-electron chi connectivity index (χ0n) is 21.4. The van der Waals surface area contributed by atoms with Crippen LogP contribution in [0, 0.1) is 13.8 Å². The number of anilines is 1. The van der Waals surface area contributed by atoms with Gasteiger partial charge in [-0.05, 0) is 49.2 Å². The molecule has 174 valence electrons. The van der Waals surface area contributed by atoms with E-state index in [0.717, 1.165) is 27.3 Å². The first-order chi connectivity index (χ1) is 17.7. The van der Waals surface area contributed by atoms with Crippen molar-refractivity contribution in [3.8, 4) is 17.1 Å². The third-order valence-corrected chi connectivity index (χ3v) is 6.34. The number of amides is 1. The van der Waals surface area contributed by atoms with E-state index in [-0.39, 0.29) is 25.0 Å². The van der Waals surface area contributed by atoms with Crippen molar-refractivity contribution in [2.24, 2.45) is 0 Å². The van der Waals surface area contributed by atoms with Crippen LogP contribution < -0.4 is 10.1 Å². The van der Waals surface area contributed by atoms with Crippen LogP contribution in [0.25, 0.3) is 11.3 Å². The quantitative estimate of drug-likeness (QED) is 0.322. The van der Waals surface area contributed by atoms with Gasteiger partial charge in [-0.1, -0.05) is 11.8 Å². The lowest BCUT2D eigenvalue weighted by atomic mass is 10.0. The third-order valence-electron chi connectivity index (χ3n) is 4.69. The van der Waals surface area contributed by atoms with Crippen molar-refractivity contribution in [3.63, 3.8) is 0 Å². The maximum absolute atomic E-state index is 12.4. The molecule has 0 aliphatic rings. The number of benzene rings is 1. The first-order valence-corrected chi connectivity index (χ1v) is 11.9. The van der Waals surface area contributed by atoms with Crippen LogP contribution in [0.1, 0.15) is 25.6 Å². The summed E-state index contributed by atoms with van der Waals surface area (Å²) in [5, 5.41) is 5.98. The molecule has 0 unspecified atom stereocenters. The number of thiazole rings is 1. The Morgan fingerprint density at radius 1 is 1.15 bits per heavy atom. The number of pyridine rings is 1. The number of carbonyl (C=O) groups excluding carboxylic acids is 1. The van der Waals surface area contributed by atoms with Crippen molar-refractivity contribution in [1.29, 1.82) is 0 Å². The monoisotopic (exact) mass is 496 g/mol. The average molecular weight is 497 g/mol. The maximum Gasteiger partial charge on any atom is 0.257 e. The van der Waals surface area contributed by atoms with Gasteiger partial charge in [0, 0.05) is 40.8 Å². The molecule has 1 N–H and O–H groups in total. The Morgan fingerprint density at radius 3 is 2.65 bits per heavy atom. The average Bonchev–Trinajstić information content (AvgIpc) is 3.30. The summed E-state index contributed by atoms with van der Waals surface area (Å²) in [5.41, 5.74) is 4.42. The van der Waals surface area contributed by atoms with Crippen LogP contribution in [-0.4, -0.2) is 46.1 Å². The van der Waals surface area contributed by atoms with Crippen LogP contribution in [0.3, 0.4) is 0 Å². The van der Waals surface area contributed by atoms with Crippen LogP contribution in [0.15, 0.2) is 64.4 Å². The molecule has 3 heterocycles. The first kappa shape index (κ1) is 20.1. The highest BCUT2D eigenvalue weighted by atomic mass is 32.2. The first-order valence-electron chi connectivity index (χ1n) is 11.7. The number of hydrogen-bond donors (Lipinski definition) is 1. The summed E-state index contributed by atoms with van der Waals surface area (Å²) < 4.78 is 31.0. The van der Waals surface area contributed by atoms with Gasteiger partial charge in [-0.3, -0.25) is 15.1 Å². The summed E-state index contributed by atoms with van der Waals surface area (Å²) in [5.74, 6) is 0.0570. The van der Waals surface area contributed by atoms with Gasteiger partial charge in [-0.25, -0.2) is 15.0 Å². The molecule has 4 aromatic rings. The standard InChI is InChI=1S/C24H23N5O3S2/c1-15-10-18(34-21-13-26-20(12-27-21)32-9-8-31-3)11-16(2)22(15)19-14-33-24(28-19)29-23(30)17-4-6-25-7-5-17/h4-7,10-14H,8-9H2,1-3H3,(H,28,29,30)/i3D3. The molecule has 0 aliphatic carbocycles. The van der Waals surface area contributed by atoms with Crippen LogP contribution in [0.4, 0.5) is 5.13 Å². The van der Waals surface area contributed by atoms with Crippen LogP contribution in [0.5, 0.6) is 5.88 Å². The third kappa shape index (κ3) is 5.96. The van der Waals surface area contributed by atoms with E-state index in [2.05, 4.69) is 42.1 Å². The smallest absolute Gasteiger partial charge is 0.257 e. The Balaban J connectivity index is 1.39. The molecular weight excluding hydrogens is 470 g/mol. The number of nitrogens with zero attached hydrogens (tertiary/aromatic N) is 4. The second-order valence-corrected chi connectivity index (χ2v) is 9.10. The van der Waals surface area contributed by atoms with Crippen molar-refractivity contribution in [2.45, 2.75) is 23.8 Å². The number of nitrogens with one attached hydrogen (secondary N) is 1.